The van der Waals surface area contributed by atoms with Crippen LogP contribution < -0.4 is 4.74 Å². The van der Waals surface area contributed by atoms with E-state index in [0.29, 0.717) is 8.95 Å². The Morgan fingerprint density at radius 1 is 1.38 bits per heavy atom. The van der Waals surface area contributed by atoms with E-state index in [1.54, 1.807) is 6.07 Å². The number of benzene rings is 1. The molecule has 0 saturated heterocycles. The van der Waals surface area contributed by atoms with Crippen LogP contribution in [0.25, 0.3) is 0 Å². The summed E-state index contributed by atoms with van der Waals surface area (Å²) < 4.78 is 24.1. The van der Waals surface area contributed by atoms with Crippen molar-refractivity contribution < 1.29 is 13.9 Å². The van der Waals surface area contributed by atoms with Gasteiger partial charge in [-0.3, -0.25) is 0 Å². The highest BCUT2D eigenvalue weighted by Crippen LogP contribution is 2.31. The molecular formula is C8H7Br2FO2. The van der Waals surface area contributed by atoms with Crippen LogP contribution in [0.5, 0.6) is 5.75 Å². The molecule has 0 aliphatic rings. The lowest BCUT2D eigenvalue weighted by Gasteiger charge is -2.08. The third kappa shape index (κ3) is 2.93. The van der Waals surface area contributed by atoms with Crippen LogP contribution in [-0.2, 0) is 4.74 Å². The summed E-state index contributed by atoms with van der Waals surface area (Å²) >= 11 is 6.34. The van der Waals surface area contributed by atoms with Crippen molar-refractivity contribution in [2.75, 3.05) is 13.9 Å². The first-order chi connectivity index (χ1) is 6.15. The Hall–Kier alpha value is -0.130. The summed E-state index contributed by atoms with van der Waals surface area (Å²) in [5.74, 6) is -0.275. The van der Waals surface area contributed by atoms with Gasteiger partial charge in [0, 0.05) is 11.6 Å². The molecule has 0 radical (unpaired) electrons. The normalized spacial score (nSPS) is 10.2. The second kappa shape index (κ2) is 4.93. The van der Waals surface area contributed by atoms with Crippen molar-refractivity contribution in [2.45, 2.75) is 0 Å². The molecule has 0 atom stereocenters. The monoisotopic (exact) mass is 312 g/mol. The van der Waals surface area contributed by atoms with E-state index in [1.165, 1.54) is 13.2 Å². The average molecular weight is 314 g/mol. The van der Waals surface area contributed by atoms with Crippen molar-refractivity contribution in [2.24, 2.45) is 0 Å². The molecule has 0 saturated carbocycles. The zero-order valence-corrected chi connectivity index (χ0v) is 9.98. The van der Waals surface area contributed by atoms with Gasteiger partial charge in [-0.25, -0.2) is 4.39 Å². The van der Waals surface area contributed by atoms with Gasteiger partial charge >= 0.3 is 0 Å². The average Bonchev–Trinajstić information content (AvgIpc) is 2.02. The van der Waals surface area contributed by atoms with Crippen molar-refractivity contribution in [1.82, 2.24) is 0 Å². The van der Waals surface area contributed by atoms with Crippen molar-refractivity contribution in [3.05, 3.63) is 26.9 Å². The van der Waals surface area contributed by atoms with Gasteiger partial charge in [-0.15, -0.1) is 0 Å². The highest BCUT2D eigenvalue weighted by Gasteiger charge is 2.09. The van der Waals surface area contributed by atoms with Gasteiger partial charge in [0.1, 0.15) is 0 Å². The smallest absolute Gasteiger partial charge is 0.188 e. The summed E-state index contributed by atoms with van der Waals surface area (Å²) in [6.45, 7) is 0.0250. The second-order valence-corrected chi connectivity index (χ2v) is 4.02. The van der Waals surface area contributed by atoms with E-state index in [-0.39, 0.29) is 12.5 Å². The van der Waals surface area contributed by atoms with Gasteiger partial charge in [-0.1, -0.05) is 15.9 Å². The molecule has 1 aromatic rings. The molecule has 5 heteroatoms. The Bertz CT molecular complexity index is 281. The van der Waals surface area contributed by atoms with Crippen molar-refractivity contribution >= 4 is 31.9 Å². The Morgan fingerprint density at radius 2 is 2.08 bits per heavy atom. The molecule has 0 amide bonds. The highest BCUT2D eigenvalue weighted by atomic mass is 79.9. The molecule has 0 spiro atoms. The van der Waals surface area contributed by atoms with Crippen LogP contribution in [0.3, 0.4) is 0 Å². The Morgan fingerprint density at radius 3 is 2.62 bits per heavy atom. The van der Waals surface area contributed by atoms with Crippen LogP contribution in [0.4, 0.5) is 4.39 Å². The third-order valence-electron chi connectivity index (χ3n) is 1.28. The minimum absolute atomic E-state index is 0.0250. The quantitative estimate of drug-likeness (QED) is 0.797. The van der Waals surface area contributed by atoms with Crippen LogP contribution in [-0.4, -0.2) is 13.9 Å². The van der Waals surface area contributed by atoms with Crippen LogP contribution in [0.15, 0.2) is 21.1 Å². The fourth-order valence-corrected chi connectivity index (χ4v) is 2.07. The summed E-state index contributed by atoms with van der Waals surface area (Å²) in [6.07, 6.45) is 0. The zero-order chi connectivity index (χ0) is 9.84. The Labute approximate surface area is 92.3 Å². The van der Waals surface area contributed by atoms with E-state index in [2.05, 4.69) is 36.6 Å². The van der Waals surface area contributed by atoms with E-state index in [1.807, 2.05) is 0 Å². The molecular weight excluding hydrogens is 307 g/mol. The molecule has 1 aromatic carbocycles. The van der Waals surface area contributed by atoms with Gasteiger partial charge in [0.15, 0.2) is 18.4 Å². The molecule has 0 aliphatic heterocycles. The lowest BCUT2D eigenvalue weighted by atomic mass is 10.3. The first kappa shape index (κ1) is 10.9. The van der Waals surface area contributed by atoms with E-state index >= 15 is 0 Å². The number of hydrogen-bond acceptors (Lipinski definition) is 2. The van der Waals surface area contributed by atoms with Crippen molar-refractivity contribution in [1.29, 1.82) is 0 Å². The fraction of sp³-hybridized carbons (Fsp3) is 0.250. The van der Waals surface area contributed by atoms with Gasteiger partial charge < -0.3 is 9.47 Å². The van der Waals surface area contributed by atoms with E-state index < -0.39 is 5.82 Å². The maximum Gasteiger partial charge on any atom is 0.188 e. The van der Waals surface area contributed by atoms with Crippen LogP contribution >= 0.6 is 31.9 Å². The molecule has 0 N–H and O–H groups in total. The largest absolute Gasteiger partial charge is 0.463 e. The standard InChI is InChI=1S/C8H7Br2FO2/c1-12-4-13-8-6(10)2-5(9)3-7(8)11/h2-3H,4H2,1H3. The van der Waals surface area contributed by atoms with Gasteiger partial charge in [-0.2, -0.15) is 0 Å². The molecule has 0 aromatic heterocycles. The van der Waals surface area contributed by atoms with Gasteiger partial charge in [0.05, 0.1) is 4.47 Å². The summed E-state index contributed by atoms with van der Waals surface area (Å²) in [7, 11) is 1.48. The third-order valence-corrected chi connectivity index (χ3v) is 2.33. The minimum atomic E-state index is -0.432. The van der Waals surface area contributed by atoms with E-state index in [4.69, 9.17) is 4.74 Å². The predicted octanol–water partition coefficient (Wildman–Crippen LogP) is 3.33. The molecule has 0 fully saturated rings. The van der Waals surface area contributed by atoms with E-state index in [0.717, 1.165) is 0 Å². The van der Waals surface area contributed by atoms with Gasteiger partial charge in [0.25, 0.3) is 0 Å². The van der Waals surface area contributed by atoms with E-state index in [9.17, 15) is 4.39 Å². The maximum atomic E-state index is 13.2. The summed E-state index contributed by atoms with van der Waals surface area (Å²) in [4.78, 5) is 0. The number of methoxy groups -OCH3 is 1. The Balaban J connectivity index is 2.92. The zero-order valence-electron chi connectivity index (χ0n) is 6.81. The van der Waals surface area contributed by atoms with Crippen molar-refractivity contribution in [3.63, 3.8) is 0 Å². The number of hydrogen-bond donors (Lipinski definition) is 0. The number of halogens is 3. The lowest BCUT2D eigenvalue weighted by Crippen LogP contribution is -2.01. The minimum Gasteiger partial charge on any atom is -0.463 e. The topological polar surface area (TPSA) is 18.5 Å². The van der Waals surface area contributed by atoms with Crippen LogP contribution in [0.2, 0.25) is 0 Å². The van der Waals surface area contributed by atoms with Crippen molar-refractivity contribution in [3.8, 4) is 5.75 Å². The van der Waals surface area contributed by atoms with Crippen LogP contribution in [0.1, 0.15) is 0 Å². The molecule has 2 nitrogen and oxygen atoms in total. The molecule has 0 bridgehead atoms. The molecule has 72 valence electrons. The predicted molar refractivity (Wildman–Crippen MR) is 54.3 cm³/mol. The summed E-state index contributed by atoms with van der Waals surface area (Å²) in [5, 5.41) is 0. The molecule has 0 heterocycles. The molecule has 0 unspecified atom stereocenters. The lowest BCUT2D eigenvalue weighted by molar-refractivity contribution is 0.0477. The highest BCUT2D eigenvalue weighted by molar-refractivity contribution is 9.11. The second-order valence-electron chi connectivity index (χ2n) is 2.25. The van der Waals surface area contributed by atoms with Gasteiger partial charge in [-0.05, 0) is 28.1 Å². The summed E-state index contributed by atoms with van der Waals surface area (Å²) in [5.41, 5.74) is 0. The first-order valence-corrected chi connectivity index (χ1v) is 5.00. The number of rotatable bonds is 3. The maximum absolute atomic E-state index is 13.2. The SMILES string of the molecule is COCOc1c(F)cc(Br)cc1Br. The van der Waals surface area contributed by atoms with Gasteiger partial charge in [0.2, 0.25) is 0 Å². The summed E-state index contributed by atoms with van der Waals surface area (Å²) in [6, 6.07) is 3.03. The molecule has 13 heavy (non-hydrogen) atoms. The number of ether oxygens (including phenoxy) is 2. The fourth-order valence-electron chi connectivity index (χ4n) is 0.785. The first-order valence-electron chi connectivity index (χ1n) is 3.41. The Kier molecular flexibility index (Phi) is 4.15. The van der Waals surface area contributed by atoms with Crippen LogP contribution in [0, 0.1) is 5.82 Å². The molecule has 1 rings (SSSR count). The molecule has 0 aliphatic carbocycles.